The van der Waals surface area contributed by atoms with Gasteiger partial charge >= 0.3 is 6.01 Å². The molecule has 36 heavy (non-hydrogen) atoms. The predicted molar refractivity (Wildman–Crippen MR) is 135 cm³/mol. The van der Waals surface area contributed by atoms with Gasteiger partial charge in [0.25, 0.3) is 0 Å². The molecule has 2 atom stereocenters. The molecule has 10 heteroatoms. The Bertz CT molecular complexity index is 1280. The number of anilines is 1. The van der Waals surface area contributed by atoms with Crippen LogP contribution >= 0.6 is 0 Å². The summed E-state index contributed by atoms with van der Waals surface area (Å²) in [6.45, 7) is 4.65. The summed E-state index contributed by atoms with van der Waals surface area (Å²) >= 11 is 0. The van der Waals surface area contributed by atoms with Crippen LogP contribution in [0.5, 0.6) is 11.8 Å². The van der Waals surface area contributed by atoms with E-state index < -0.39 is 0 Å². The monoisotopic (exact) mass is 488 g/mol. The number of rotatable bonds is 7. The number of nitrogens with one attached hydrogen (secondary N) is 1. The summed E-state index contributed by atoms with van der Waals surface area (Å²) < 4.78 is 13.9. The topological polar surface area (TPSA) is 104 Å². The van der Waals surface area contributed by atoms with Crippen LogP contribution in [0.1, 0.15) is 36.1 Å². The summed E-state index contributed by atoms with van der Waals surface area (Å²) in [6, 6.07) is 9.36. The van der Waals surface area contributed by atoms with Gasteiger partial charge in [-0.3, -0.25) is 0 Å². The minimum atomic E-state index is 0.0941. The number of hydrogen-bond acceptors (Lipinski definition) is 9. The van der Waals surface area contributed by atoms with Crippen molar-refractivity contribution < 1.29 is 9.47 Å². The maximum Gasteiger partial charge on any atom is 0.336 e. The Balaban J connectivity index is 1.35. The number of nitrogens with zero attached hydrogens (tertiary/aromatic N) is 7. The van der Waals surface area contributed by atoms with Crippen molar-refractivity contribution >= 4 is 11.5 Å². The van der Waals surface area contributed by atoms with Crippen molar-refractivity contribution in [2.45, 2.75) is 44.2 Å². The van der Waals surface area contributed by atoms with E-state index in [4.69, 9.17) is 24.5 Å². The second-order valence-electron chi connectivity index (χ2n) is 9.92. The second-order valence-corrected chi connectivity index (χ2v) is 9.92. The van der Waals surface area contributed by atoms with Crippen molar-refractivity contribution in [1.29, 1.82) is 5.26 Å². The van der Waals surface area contributed by atoms with E-state index in [2.05, 4.69) is 34.3 Å². The quantitative estimate of drug-likeness (QED) is 0.533. The predicted octanol–water partition coefficient (Wildman–Crippen LogP) is 1.81. The summed E-state index contributed by atoms with van der Waals surface area (Å²) in [5.74, 6) is 1.74. The Morgan fingerprint density at radius 2 is 2.25 bits per heavy atom. The summed E-state index contributed by atoms with van der Waals surface area (Å²) in [4.78, 5) is 14.1. The molecular formula is C26H32N8O2. The number of ether oxygens (including phenoxy) is 2. The highest BCUT2D eigenvalue weighted by Gasteiger charge is 2.27. The van der Waals surface area contributed by atoms with E-state index in [-0.39, 0.29) is 6.04 Å². The zero-order chi connectivity index (χ0) is 24.5. The van der Waals surface area contributed by atoms with E-state index in [9.17, 15) is 5.26 Å². The highest BCUT2D eigenvalue weighted by molar-refractivity contribution is 5.65. The van der Waals surface area contributed by atoms with Gasteiger partial charge in [0, 0.05) is 50.1 Å². The van der Waals surface area contributed by atoms with Crippen LogP contribution in [0.2, 0.25) is 0 Å². The number of hydrogen-bond donors (Lipinski definition) is 1. The third kappa shape index (κ3) is 4.45. The van der Waals surface area contributed by atoms with Crippen LogP contribution in [0.4, 0.5) is 5.82 Å². The molecule has 0 amide bonds. The van der Waals surface area contributed by atoms with Crippen molar-refractivity contribution in [2.24, 2.45) is 0 Å². The molecule has 1 N–H and O–H groups in total. The van der Waals surface area contributed by atoms with E-state index in [1.807, 2.05) is 22.8 Å². The van der Waals surface area contributed by atoms with Crippen molar-refractivity contribution in [1.82, 2.24) is 29.8 Å². The largest absolute Gasteiger partial charge is 0.493 e. The Labute approximate surface area is 210 Å². The van der Waals surface area contributed by atoms with Crippen molar-refractivity contribution in [3.8, 4) is 17.8 Å². The van der Waals surface area contributed by atoms with Gasteiger partial charge in [0.2, 0.25) is 0 Å². The van der Waals surface area contributed by atoms with Crippen LogP contribution in [-0.4, -0.2) is 83.0 Å². The summed E-state index contributed by atoms with van der Waals surface area (Å²) in [6.07, 6.45) is 6.28. The molecule has 2 aromatic heterocycles. The fraction of sp³-hybridized carbons (Fsp3) is 0.538. The van der Waals surface area contributed by atoms with Gasteiger partial charge < -0.3 is 24.6 Å². The van der Waals surface area contributed by atoms with Gasteiger partial charge in [0.05, 0.1) is 31.0 Å². The zero-order valence-electron chi connectivity index (χ0n) is 20.7. The van der Waals surface area contributed by atoms with E-state index in [0.29, 0.717) is 38.0 Å². The molecule has 0 unspecified atom stereocenters. The lowest BCUT2D eigenvalue weighted by Crippen LogP contribution is -2.51. The molecular weight excluding hydrogens is 456 g/mol. The zero-order valence-corrected chi connectivity index (χ0v) is 20.7. The molecule has 0 saturated carbocycles. The molecule has 2 saturated heterocycles. The first-order valence-corrected chi connectivity index (χ1v) is 12.9. The number of benzene rings is 1. The number of likely N-dealkylation sites (N-methyl/N-ethyl adjacent to an activating group) is 1. The molecule has 0 spiro atoms. The van der Waals surface area contributed by atoms with Crippen molar-refractivity contribution in [3.63, 3.8) is 0 Å². The average Bonchev–Trinajstić information content (AvgIpc) is 3.63. The third-order valence-electron chi connectivity index (χ3n) is 7.58. The third-order valence-corrected chi connectivity index (χ3v) is 7.58. The fourth-order valence-electron chi connectivity index (χ4n) is 5.57. The van der Waals surface area contributed by atoms with E-state index in [1.165, 1.54) is 17.5 Å². The summed E-state index contributed by atoms with van der Waals surface area (Å²) in [5.41, 5.74) is 4.21. The van der Waals surface area contributed by atoms with Crippen molar-refractivity contribution in [2.75, 3.05) is 51.3 Å². The highest BCUT2D eigenvalue weighted by Crippen LogP contribution is 2.30. The lowest BCUT2D eigenvalue weighted by Gasteiger charge is -2.33. The Morgan fingerprint density at radius 3 is 3.11 bits per heavy atom. The number of likely N-dealkylation sites (tertiary alicyclic amines) is 1. The van der Waals surface area contributed by atoms with Crippen LogP contribution in [0.15, 0.2) is 24.4 Å². The van der Waals surface area contributed by atoms with E-state index >= 15 is 0 Å². The first-order chi connectivity index (χ1) is 17.7. The number of imidazole rings is 1. The molecule has 0 aliphatic carbocycles. The Kier molecular flexibility index (Phi) is 6.34. The lowest BCUT2D eigenvalue weighted by molar-refractivity contribution is 0.185. The Hall–Kier alpha value is -3.42. The molecule has 6 rings (SSSR count). The first kappa shape index (κ1) is 23.0. The maximum atomic E-state index is 9.21. The fourth-order valence-corrected chi connectivity index (χ4v) is 5.57. The number of nitriles is 1. The van der Waals surface area contributed by atoms with Crippen LogP contribution in [-0.2, 0) is 12.8 Å². The average molecular weight is 489 g/mol. The number of piperazine rings is 1. The van der Waals surface area contributed by atoms with Crippen LogP contribution in [0, 0.1) is 11.3 Å². The van der Waals surface area contributed by atoms with E-state index in [1.54, 1.807) is 0 Å². The van der Waals surface area contributed by atoms with Gasteiger partial charge in [-0.1, -0.05) is 12.1 Å². The van der Waals surface area contributed by atoms with Crippen LogP contribution < -0.4 is 19.7 Å². The molecule has 10 nitrogen and oxygen atoms in total. The van der Waals surface area contributed by atoms with Gasteiger partial charge in [-0.15, -0.1) is 5.10 Å². The van der Waals surface area contributed by atoms with Gasteiger partial charge in [0.15, 0.2) is 11.5 Å². The molecule has 0 radical (unpaired) electrons. The summed E-state index contributed by atoms with van der Waals surface area (Å²) in [7, 11) is 2.14. The SMILES string of the molecule is CN1CCC[C@H]1COc1nc(N2CCN[C@@H](CC#N)C2)c2ncc(Cc3cccc4c3CCO4)n2n1. The minimum absolute atomic E-state index is 0.0941. The van der Waals surface area contributed by atoms with Gasteiger partial charge in [-0.2, -0.15) is 10.2 Å². The first-order valence-electron chi connectivity index (χ1n) is 12.9. The molecule has 5 heterocycles. The second kappa shape index (κ2) is 9.91. The molecule has 0 bridgehead atoms. The van der Waals surface area contributed by atoms with Gasteiger partial charge in [-0.25, -0.2) is 9.50 Å². The standard InChI is InChI=1S/C26H32N8O2/c1-32-11-3-5-20(32)17-36-26-30-25(33-12-10-28-19(16-33)7-9-27)24-29-15-21(34(24)31-26)14-18-4-2-6-23-22(18)8-13-35-23/h2,4,6,15,19-20,28H,3,5,7-8,10-14,16-17H2,1H3/t19-,20-/m0/s1. The molecule has 3 aromatic rings. The number of fused-ring (bicyclic) bond motifs is 2. The maximum absolute atomic E-state index is 9.21. The molecule has 2 fully saturated rings. The normalized spacial score (nSPS) is 21.9. The molecule has 188 valence electrons. The van der Waals surface area contributed by atoms with Crippen molar-refractivity contribution in [3.05, 3.63) is 41.2 Å². The Morgan fingerprint density at radius 1 is 1.31 bits per heavy atom. The van der Waals surface area contributed by atoms with E-state index in [0.717, 1.165) is 62.0 Å². The molecule has 3 aliphatic rings. The van der Waals surface area contributed by atoms with Gasteiger partial charge in [-0.05, 0) is 38.1 Å². The highest BCUT2D eigenvalue weighted by atomic mass is 16.5. The van der Waals surface area contributed by atoms with Crippen LogP contribution in [0.3, 0.4) is 0 Å². The minimum Gasteiger partial charge on any atom is -0.493 e. The summed E-state index contributed by atoms with van der Waals surface area (Å²) in [5, 5.41) is 17.4. The lowest BCUT2D eigenvalue weighted by atomic mass is 10.0. The van der Waals surface area contributed by atoms with Gasteiger partial charge in [0.1, 0.15) is 12.4 Å². The van der Waals surface area contributed by atoms with Crippen LogP contribution in [0.25, 0.3) is 5.65 Å². The molecule has 3 aliphatic heterocycles. The smallest absolute Gasteiger partial charge is 0.336 e. The molecule has 1 aromatic carbocycles. The number of aromatic nitrogens is 4.